The normalized spacial score (nSPS) is 19.6. The number of rotatable bonds is 2. The van der Waals surface area contributed by atoms with Crippen LogP contribution in [0.4, 0.5) is 5.82 Å². The van der Waals surface area contributed by atoms with Gasteiger partial charge in [-0.1, -0.05) is 0 Å². The number of aromatic amines is 1. The van der Waals surface area contributed by atoms with Crippen LogP contribution in [0.1, 0.15) is 6.42 Å². The van der Waals surface area contributed by atoms with E-state index in [0.29, 0.717) is 24.4 Å². The third-order valence-corrected chi connectivity index (χ3v) is 2.77. The van der Waals surface area contributed by atoms with Gasteiger partial charge in [-0.3, -0.25) is 9.89 Å². The zero-order chi connectivity index (χ0) is 11.8. The molecule has 0 aromatic carbocycles. The summed E-state index contributed by atoms with van der Waals surface area (Å²) in [7, 11) is 0. The number of aromatic nitrogens is 4. The van der Waals surface area contributed by atoms with Crippen LogP contribution in [0, 0.1) is 0 Å². The molecule has 8 heteroatoms. The lowest BCUT2D eigenvalue weighted by Crippen LogP contribution is -2.23. The predicted molar refractivity (Wildman–Crippen MR) is 61.7 cm³/mol. The van der Waals surface area contributed by atoms with Crippen molar-refractivity contribution in [3.05, 3.63) is 11.5 Å². The lowest BCUT2D eigenvalue weighted by atomic mass is 10.2. The highest BCUT2D eigenvalue weighted by Gasteiger charge is 2.22. The van der Waals surface area contributed by atoms with Gasteiger partial charge in [0.05, 0.1) is 17.6 Å². The first kappa shape index (κ1) is 10.3. The van der Waals surface area contributed by atoms with Crippen molar-refractivity contribution in [3.8, 4) is 0 Å². The van der Waals surface area contributed by atoms with E-state index in [2.05, 4.69) is 30.8 Å². The molecule has 0 radical (unpaired) electrons. The Kier molecular flexibility index (Phi) is 2.32. The van der Waals surface area contributed by atoms with Crippen molar-refractivity contribution in [2.75, 3.05) is 11.9 Å². The van der Waals surface area contributed by atoms with E-state index in [9.17, 15) is 4.79 Å². The van der Waals surface area contributed by atoms with Crippen molar-refractivity contribution < 1.29 is 4.79 Å². The van der Waals surface area contributed by atoms with Crippen molar-refractivity contribution in [1.29, 1.82) is 0 Å². The average molecular weight is 253 g/mol. The van der Waals surface area contributed by atoms with Gasteiger partial charge in [0.2, 0.25) is 11.2 Å². The summed E-state index contributed by atoms with van der Waals surface area (Å²) in [6.07, 6.45) is 2.05. The van der Waals surface area contributed by atoms with Gasteiger partial charge in [-0.25, -0.2) is 0 Å². The Bertz CT molecular complexity index is 582. The summed E-state index contributed by atoms with van der Waals surface area (Å²) in [5.41, 5.74) is 0.574. The molecule has 1 saturated heterocycles. The smallest absolute Gasteiger partial charge is 0.226 e. The molecule has 0 saturated carbocycles. The number of fused-ring (bicyclic) bond motifs is 1. The van der Waals surface area contributed by atoms with E-state index in [1.807, 2.05) is 0 Å². The number of halogens is 1. The number of amides is 1. The summed E-state index contributed by atoms with van der Waals surface area (Å²) in [6.45, 7) is 0.583. The molecular weight excluding hydrogens is 244 g/mol. The Morgan fingerprint density at radius 1 is 1.47 bits per heavy atom. The molecule has 1 amide bonds. The van der Waals surface area contributed by atoms with E-state index < -0.39 is 0 Å². The summed E-state index contributed by atoms with van der Waals surface area (Å²) < 4.78 is 0. The van der Waals surface area contributed by atoms with Gasteiger partial charge in [0, 0.05) is 13.0 Å². The van der Waals surface area contributed by atoms with Crippen molar-refractivity contribution in [3.63, 3.8) is 0 Å². The van der Waals surface area contributed by atoms with Crippen molar-refractivity contribution in [2.45, 2.75) is 12.5 Å². The van der Waals surface area contributed by atoms with E-state index >= 15 is 0 Å². The quantitative estimate of drug-likeness (QED) is 0.669. The van der Waals surface area contributed by atoms with Gasteiger partial charge in [-0.05, 0) is 11.6 Å². The summed E-state index contributed by atoms with van der Waals surface area (Å²) >= 11 is 5.80. The van der Waals surface area contributed by atoms with Crippen LogP contribution < -0.4 is 10.6 Å². The van der Waals surface area contributed by atoms with Crippen LogP contribution in [0.2, 0.25) is 5.28 Å². The standard InChI is InChI=1S/C9H9ClN6O/c10-9-14-7(5-3-12-16-8(5)15-9)13-4-1-6(17)11-2-4/h3-4H,1-2H2,(H,11,17)(H2,12,13,14,15,16). The fourth-order valence-corrected chi connectivity index (χ4v) is 1.99. The van der Waals surface area contributed by atoms with E-state index in [1.54, 1.807) is 6.20 Å². The second-order valence-electron chi connectivity index (χ2n) is 3.82. The number of carbonyl (C=O) groups is 1. The molecule has 1 aliphatic heterocycles. The molecule has 3 N–H and O–H groups in total. The van der Waals surface area contributed by atoms with Gasteiger partial charge in [0.25, 0.3) is 0 Å². The predicted octanol–water partition coefficient (Wildman–Crippen LogP) is 0.307. The monoisotopic (exact) mass is 252 g/mol. The fraction of sp³-hybridized carbons (Fsp3) is 0.333. The van der Waals surface area contributed by atoms with Crippen LogP contribution in [0.15, 0.2) is 6.20 Å². The summed E-state index contributed by atoms with van der Waals surface area (Å²) in [4.78, 5) is 19.2. The third kappa shape index (κ3) is 1.89. The Morgan fingerprint density at radius 2 is 2.35 bits per heavy atom. The first-order valence-corrected chi connectivity index (χ1v) is 5.50. The van der Waals surface area contributed by atoms with Crippen molar-refractivity contribution in [2.24, 2.45) is 0 Å². The zero-order valence-electron chi connectivity index (χ0n) is 8.70. The molecular formula is C9H9ClN6O. The number of hydrogen-bond donors (Lipinski definition) is 3. The number of nitrogens with zero attached hydrogens (tertiary/aromatic N) is 3. The largest absolute Gasteiger partial charge is 0.364 e. The average Bonchev–Trinajstić information content (AvgIpc) is 2.87. The number of carbonyl (C=O) groups excluding carboxylic acids is 1. The van der Waals surface area contributed by atoms with E-state index in [0.717, 1.165) is 5.39 Å². The second-order valence-corrected chi connectivity index (χ2v) is 4.16. The summed E-state index contributed by atoms with van der Waals surface area (Å²) in [5, 5.41) is 13.4. The second kappa shape index (κ2) is 3.85. The van der Waals surface area contributed by atoms with Gasteiger partial charge >= 0.3 is 0 Å². The van der Waals surface area contributed by atoms with Gasteiger partial charge in [-0.15, -0.1) is 0 Å². The lowest BCUT2D eigenvalue weighted by molar-refractivity contribution is -0.119. The molecule has 0 spiro atoms. The van der Waals surface area contributed by atoms with Crippen LogP contribution in [0.25, 0.3) is 11.0 Å². The Hall–Kier alpha value is -1.89. The van der Waals surface area contributed by atoms with Gasteiger partial charge in [0.1, 0.15) is 5.82 Å². The molecule has 1 aliphatic rings. The summed E-state index contributed by atoms with van der Waals surface area (Å²) in [5.74, 6) is 0.626. The highest BCUT2D eigenvalue weighted by molar-refractivity contribution is 6.28. The minimum absolute atomic E-state index is 0.0200. The number of anilines is 1. The molecule has 2 aromatic heterocycles. The van der Waals surface area contributed by atoms with Crippen LogP contribution >= 0.6 is 11.6 Å². The van der Waals surface area contributed by atoms with Crippen molar-refractivity contribution >= 4 is 34.4 Å². The first-order chi connectivity index (χ1) is 8.22. The van der Waals surface area contributed by atoms with E-state index in [1.165, 1.54) is 0 Å². The number of nitrogens with one attached hydrogen (secondary N) is 3. The van der Waals surface area contributed by atoms with Crippen LogP contribution in [-0.2, 0) is 4.79 Å². The lowest BCUT2D eigenvalue weighted by Gasteiger charge is -2.11. The van der Waals surface area contributed by atoms with Gasteiger partial charge in [-0.2, -0.15) is 15.1 Å². The number of hydrogen-bond acceptors (Lipinski definition) is 5. The maximum atomic E-state index is 11.1. The van der Waals surface area contributed by atoms with Crippen LogP contribution in [0.5, 0.6) is 0 Å². The first-order valence-electron chi connectivity index (χ1n) is 5.12. The Balaban J connectivity index is 1.93. The minimum atomic E-state index is 0.0200. The van der Waals surface area contributed by atoms with E-state index in [-0.39, 0.29) is 17.2 Å². The molecule has 1 fully saturated rings. The molecule has 0 aliphatic carbocycles. The van der Waals surface area contributed by atoms with E-state index in [4.69, 9.17) is 11.6 Å². The molecule has 3 rings (SSSR count). The summed E-state index contributed by atoms with van der Waals surface area (Å²) in [6, 6.07) is 0.0200. The van der Waals surface area contributed by atoms with Gasteiger partial charge < -0.3 is 10.6 Å². The number of H-pyrrole nitrogens is 1. The Morgan fingerprint density at radius 3 is 3.12 bits per heavy atom. The zero-order valence-corrected chi connectivity index (χ0v) is 9.45. The maximum absolute atomic E-state index is 11.1. The fourth-order valence-electron chi connectivity index (χ4n) is 1.82. The highest BCUT2D eigenvalue weighted by Crippen LogP contribution is 2.21. The molecule has 88 valence electrons. The molecule has 17 heavy (non-hydrogen) atoms. The molecule has 2 aromatic rings. The minimum Gasteiger partial charge on any atom is -0.364 e. The topological polar surface area (TPSA) is 95.6 Å². The highest BCUT2D eigenvalue weighted by atomic mass is 35.5. The molecule has 1 atom stereocenters. The van der Waals surface area contributed by atoms with Crippen molar-refractivity contribution in [1.82, 2.24) is 25.5 Å². The molecule has 1 unspecified atom stereocenters. The van der Waals surface area contributed by atoms with Gasteiger partial charge in [0.15, 0.2) is 5.65 Å². The molecule has 7 nitrogen and oxygen atoms in total. The Labute approximate surface area is 101 Å². The third-order valence-electron chi connectivity index (χ3n) is 2.60. The molecule has 3 heterocycles. The maximum Gasteiger partial charge on any atom is 0.226 e. The molecule has 0 bridgehead atoms. The SMILES string of the molecule is O=C1CC(Nc2nc(Cl)nc3[nH]ncc23)CN1. The van der Waals surface area contributed by atoms with Crippen LogP contribution in [-0.4, -0.2) is 38.7 Å². The van der Waals surface area contributed by atoms with Crippen LogP contribution in [0.3, 0.4) is 0 Å².